The molecule has 0 unspecified atom stereocenters. The summed E-state index contributed by atoms with van der Waals surface area (Å²) in [6.07, 6.45) is 4.40. The van der Waals surface area contributed by atoms with E-state index in [1.165, 1.54) is 24.3 Å². The molecule has 16 heavy (non-hydrogen) atoms. The van der Waals surface area contributed by atoms with Gasteiger partial charge in [-0.05, 0) is 0 Å². The Morgan fingerprint density at radius 1 is 1.31 bits per heavy atom. The maximum absolute atomic E-state index is 11.2. The van der Waals surface area contributed by atoms with Crippen molar-refractivity contribution in [2.75, 3.05) is 7.11 Å². The number of carbonyl (C=O) groups excluding carboxylic acids is 1. The number of aryl methyl sites for hydroxylation is 1. The smallest absolute Gasteiger partial charge is 0.358 e. The number of ether oxygens (including phenoxy) is 1. The lowest BCUT2D eigenvalue weighted by atomic mass is 10.3. The van der Waals surface area contributed by atoms with Crippen molar-refractivity contribution in [3.8, 4) is 11.4 Å². The van der Waals surface area contributed by atoms with Crippen LogP contribution in [0, 0.1) is 0 Å². The van der Waals surface area contributed by atoms with Crippen LogP contribution in [0.1, 0.15) is 10.5 Å². The van der Waals surface area contributed by atoms with Gasteiger partial charge in [0.2, 0.25) is 0 Å². The van der Waals surface area contributed by atoms with Crippen LogP contribution in [0.4, 0.5) is 0 Å². The lowest BCUT2D eigenvalue weighted by Crippen LogP contribution is -2.05. The topological polar surface area (TPSA) is 82.8 Å². The van der Waals surface area contributed by atoms with E-state index in [4.69, 9.17) is 0 Å². The standard InChI is InChI=1S/C9H9N5O2/c1-14-11-5-7(13-14)6-3-10-4-8(12-6)9(15)16-2/h3-5H,1-2H3. The summed E-state index contributed by atoms with van der Waals surface area (Å²) in [7, 11) is 2.99. The fourth-order valence-corrected chi connectivity index (χ4v) is 1.16. The van der Waals surface area contributed by atoms with E-state index in [-0.39, 0.29) is 5.69 Å². The van der Waals surface area contributed by atoms with Crippen molar-refractivity contribution >= 4 is 5.97 Å². The Morgan fingerprint density at radius 3 is 2.75 bits per heavy atom. The monoisotopic (exact) mass is 219 g/mol. The van der Waals surface area contributed by atoms with E-state index in [1.807, 2.05) is 0 Å². The molecule has 0 amide bonds. The molecule has 0 aliphatic carbocycles. The summed E-state index contributed by atoms with van der Waals surface area (Å²) in [5.41, 5.74) is 1.18. The van der Waals surface area contributed by atoms with Gasteiger partial charge in [-0.15, -0.1) is 0 Å². The van der Waals surface area contributed by atoms with Crippen LogP contribution in [0.5, 0.6) is 0 Å². The number of nitrogens with zero attached hydrogens (tertiary/aromatic N) is 5. The number of esters is 1. The highest BCUT2D eigenvalue weighted by molar-refractivity contribution is 5.87. The van der Waals surface area contributed by atoms with Crippen molar-refractivity contribution in [2.24, 2.45) is 7.05 Å². The minimum atomic E-state index is -0.529. The number of carbonyl (C=O) groups is 1. The summed E-state index contributed by atoms with van der Waals surface area (Å²) < 4.78 is 4.55. The van der Waals surface area contributed by atoms with Gasteiger partial charge in [0.1, 0.15) is 11.4 Å². The number of hydrogen-bond acceptors (Lipinski definition) is 6. The first-order valence-electron chi connectivity index (χ1n) is 4.48. The molecule has 2 aromatic heterocycles. The van der Waals surface area contributed by atoms with Gasteiger partial charge in [0.05, 0.1) is 25.7 Å². The van der Waals surface area contributed by atoms with Gasteiger partial charge in [-0.25, -0.2) is 9.78 Å². The molecule has 0 fully saturated rings. The van der Waals surface area contributed by atoms with Crippen LogP contribution in [-0.4, -0.2) is 38.0 Å². The van der Waals surface area contributed by atoms with Crippen LogP contribution in [0.2, 0.25) is 0 Å². The van der Waals surface area contributed by atoms with Crippen molar-refractivity contribution in [1.29, 1.82) is 0 Å². The highest BCUT2D eigenvalue weighted by Crippen LogP contribution is 2.11. The molecule has 0 atom stereocenters. The van der Waals surface area contributed by atoms with Crippen LogP contribution in [0.15, 0.2) is 18.6 Å². The van der Waals surface area contributed by atoms with Gasteiger partial charge in [0.15, 0.2) is 5.69 Å². The molecule has 7 heteroatoms. The van der Waals surface area contributed by atoms with E-state index in [0.29, 0.717) is 11.4 Å². The van der Waals surface area contributed by atoms with Gasteiger partial charge in [-0.1, -0.05) is 0 Å². The quantitative estimate of drug-likeness (QED) is 0.664. The molecule has 0 spiro atoms. The van der Waals surface area contributed by atoms with E-state index in [1.54, 1.807) is 13.2 Å². The maximum Gasteiger partial charge on any atom is 0.358 e. The molecule has 0 saturated carbocycles. The van der Waals surface area contributed by atoms with E-state index in [2.05, 4.69) is 24.9 Å². The molecule has 0 bridgehead atoms. The molecule has 82 valence electrons. The molecule has 2 heterocycles. The molecule has 0 aromatic carbocycles. The van der Waals surface area contributed by atoms with Gasteiger partial charge < -0.3 is 4.74 Å². The maximum atomic E-state index is 11.2. The number of hydrogen-bond donors (Lipinski definition) is 0. The summed E-state index contributed by atoms with van der Waals surface area (Å²) in [6, 6.07) is 0. The van der Waals surface area contributed by atoms with Gasteiger partial charge in [-0.2, -0.15) is 15.0 Å². The molecular formula is C9H9N5O2. The molecule has 0 N–H and O–H groups in total. The summed E-state index contributed by atoms with van der Waals surface area (Å²) in [5.74, 6) is -0.529. The van der Waals surface area contributed by atoms with E-state index < -0.39 is 5.97 Å². The van der Waals surface area contributed by atoms with Crippen LogP contribution >= 0.6 is 0 Å². The largest absolute Gasteiger partial charge is 0.464 e. The van der Waals surface area contributed by atoms with Crippen molar-refractivity contribution in [2.45, 2.75) is 0 Å². The Hall–Kier alpha value is -2.31. The van der Waals surface area contributed by atoms with Crippen molar-refractivity contribution < 1.29 is 9.53 Å². The molecule has 0 saturated heterocycles. The lowest BCUT2D eigenvalue weighted by molar-refractivity contribution is 0.0593. The molecule has 2 rings (SSSR count). The second kappa shape index (κ2) is 4.05. The first-order chi connectivity index (χ1) is 7.70. The van der Waals surface area contributed by atoms with Crippen LogP contribution in [-0.2, 0) is 11.8 Å². The third kappa shape index (κ3) is 1.88. The Bertz CT molecular complexity index is 522. The number of rotatable bonds is 2. The van der Waals surface area contributed by atoms with Crippen molar-refractivity contribution in [3.05, 3.63) is 24.3 Å². The molecule has 2 aromatic rings. The second-order valence-corrected chi connectivity index (χ2v) is 3.00. The Labute approximate surface area is 91.1 Å². The predicted molar refractivity (Wildman–Crippen MR) is 53.4 cm³/mol. The average Bonchev–Trinajstić information content (AvgIpc) is 2.75. The first-order valence-corrected chi connectivity index (χ1v) is 4.48. The zero-order valence-electron chi connectivity index (χ0n) is 8.78. The van der Waals surface area contributed by atoms with Gasteiger partial charge in [0.25, 0.3) is 0 Å². The number of aromatic nitrogens is 5. The fourth-order valence-electron chi connectivity index (χ4n) is 1.16. The molecule has 7 nitrogen and oxygen atoms in total. The molecule has 0 aliphatic heterocycles. The number of methoxy groups -OCH3 is 1. The zero-order chi connectivity index (χ0) is 11.5. The molecular weight excluding hydrogens is 210 g/mol. The summed E-state index contributed by atoms with van der Waals surface area (Å²) >= 11 is 0. The molecule has 0 aliphatic rings. The van der Waals surface area contributed by atoms with Crippen molar-refractivity contribution in [3.63, 3.8) is 0 Å². The van der Waals surface area contributed by atoms with E-state index in [0.717, 1.165) is 0 Å². The minimum Gasteiger partial charge on any atom is -0.464 e. The van der Waals surface area contributed by atoms with Gasteiger partial charge in [0, 0.05) is 7.05 Å². The Balaban J connectivity index is 2.39. The highest BCUT2D eigenvalue weighted by Gasteiger charge is 2.11. The predicted octanol–water partition coefficient (Wildman–Crippen LogP) is 0.0587. The third-order valence-electron chi connectivity index (χ3n) is 1.89. The normalized spacial score (nSPS) is 10.1. The SMILES string of the molecule is COC(=O)c1cncc(-c2cnn(C)n2)n1. The van der Waals surface area contributed by atoms with E-state index in [9.17, 15) is 4.79 Å². The van der Waals surface area contributed by atoms with Gasteiger partial charge in [-0.3, -0.25) is 4.98 Å². The first kappa shape index (κ1) is 10.2. The minimum absolute atomic E-state index is 0.144. The second-order valence-electron chi connectivity index (χ2n) is 3.00. The van der Waals surface area contributed by atoms with E-state index >= 15 is 0 Å². The van der Waals surface area contributed by atoms with Gasteiger partial charge >= 0.3 is 5.97 Å². The van der Waals surface area contributed by atoms with Crippen LogP contribution in [0.3, 0.4) is 0 Å². The zero-order valence-corrected chi connectivity index (χ0v) is 8.78. The van der Waals surface area contributed by atoms with Crippen LogP contribution < -0.4 is 0 Å². The Kier molecular flexibility index (Phi) is 2.59. The summed E-state index contributed by atoms with van der Waals surface area (Å²) in [4.78, 5) is 20.6. The summed E-state index contributed by atoms with van der Waals surface area (Å²) in [6.45, 7) is 0. The molecule has 0 radical (unpaired) electrons. The summed E-state index contributed by atoms with van der Waals surface area (Å²) in [5, 5.41) is 7.97. The third-order valence-corrected chi connectivity index (χ3v) is 1.89. The van der Waals surface area contributed by atoms with Crippen LogP contribution in [0.25, 0.3) is 11.4 Å². The fraction of sp³-hybridized carbons (Fsp3) is 0.222. The van der Waals surface area contributed by atoms with Crippen molar-refractivity contribution in [1.82, 2.24) is 25.0 Å². The highest BCUT2D eigenvalue weighted by atomic mass is 16.5. The average molecular weight is 219 g/mol. The lowest BCUT2D eigenvalue weighted by Gasteiger charge is -1.99. The Morgan fingerprint density at radius 2 is 2.12 bits per heavy atom.